The van der Waals surface area contributed by atoms with Crippen LogP contribution in [0.2, 0.25) is 0 Å². The van der Waals surface area contributed by atoms with Gasteiger partial charge in [-0.2, -0.15) is 8.42 Å². The fourth-order valence-corrected chi connectivity index (χ4v) is 5.76. The van der Waals surface area contributed by atoms with Crippen LogP contribution in [-0.2, 0) is 23.0 Å². The molecule has 0 heterocycles. The third-order valence-corrected chi connectivity index (χ3v) is 8.03. The molecule has 0 radical (unpaired) electrons. The fourth-order valence-electron chi connectivity index (χ4n) is 4.96. The molecule has 1 aromatic rings. The van der Waals surface area contributed by atoms with E-state index in [1.54, 1.807) is 12.1 Å². The molecule has 1 aromatic carbocycles. The lowest BCUT2D eigenvalue weighted by Crippen LogP contribution is -2.07. The first kappa shape index (κ1) is 31.2. The van der Waals surface area contributed by atoms with E-state index < -0.39 is 10.1 Å². The highest BCUT2D eigenvalue weighted by molar-refractivity contribution is 7.85. The molecule has 0 unspecified atom stereocenters. The van der Waals surface area contributed by atoms with Gasteiger partial charge in [-0.05, 0) is 42.9 Å². The largest absolute Gasteiger partial charge is 0.294 e. The number of benzene rings is 1. The molecule has 0 saturated heterocycles. The van der Waals surface area contributed by atoms with Crippen molar-refractivity contribution in [1.82, 2.24) is 0 Å². The van der Waals surface area contributed by atoms with Crippen LogP contribution >= 0.6 is 0 Å². The molecule has 3 nitrogen and oxygen atoms in total. The van der Waals surface area contributed by atoms with Gasteiger partial charge in [-0.25, -0.2) is 0 Å². The van der Waals surface area contributed by atoms with Crippen molar-refractivity contribution in [2.45, 2.75) is 160 Å². The zero-order valence-electron chi connectivity index (χ0n) is 22.5. The van der Waals surface area contributed by atoms with Gasteiger partial charge in [-0.15, -0.1) is 0 Å². The molecule has 0 saturated carbocycles. The van der Waals surface area contributed by atoms with Crippen LogP contribution in [0.4, 0.5) is 0 Å². The maximum atomic E-state index is 12.0. The number of aryl methyl sites for hydroxylation is 1. The van der Waals surface area contributed by atoms with E-state index >= 15 is 0 Å². The average Bonchev–Trinajstić information content (AvgIpc) is 2.81. The summed E-state index contributed by atoms with van der Waals surface area (Å²) in [6.45, 7) is 4.51. The van der Waals surface area contributed by atoms with Gasteiger partial charge in [0.25, 0.3) is 10.1 Å². The highest BCUT2D eigenvalue weighted by Gasteiger charge is 2.17. The van der Waals surface area contributed by atoms with E-state index in [0.717, 1.165) is 43.2 Å². The van der Waals surface area contributed by atoms with E-state index in [4.69, 9.17) is 0 Å². The number of unbranched alkanes of at least 4 members (excludes halogenated alkanes) is 18. The van der Waals surface area contributed by atoms with Crippen LogP contribution in [0.15, 0.2) is 23.1 Å². The summed E-state index contributed by atoms with van der Waals surface area (Å²) in [6.07, 6.45) is 27.3. The summed E-state index contributed by atoms with van der Waals surface area (Å²) in [5.74, 6) is 0. The lowest BCUT2D eigenvalue weighted by atomic mass is 9.96. The minimum absolute atomic E-state index is 0.132. The molecule has 0 aliphatic heterocycles. The number of hydrogen-bond donors (Lipinski definition) is 1. The van der Waals surface area contributed by atoms with Crippen LogP contribution in [0.25, 0.3) is 0 Å². The highest BCUT2D eigenvalue weighted by Crippen LogP contribution is 2.25. The van der Waals surface area contributed by atoms with Crippen LogP contribution in [0.5, 0.6) is 0 Å². The summed E-state index contributed by atoms with van der Waals surface area (Å²) in [6, 6.07) is 5.42. The van der Waals surface area contributed by atoms with Crippen LogP contribution in [-0.4, -0.2) is 13.0 Å². The lowest BCUT2D eigenvalue weighted by molar-refractivity contribution is 0.481. The second-order valence-corrected chi connectivity index (χ2v) is 11.6. The van der Waals surface area contributed by atoms with Gasteiger partial charge in [0.15, 0.2) is 0 Å². The maximum absolute atomic E-state index is 12.0. The molecule has 0 spiro atoms. The van der Waals surface area contributed by atoms with Gasteiger partial charge in [0, 0.05) is 0 Å². The van der Waals surface area contributed by atoms with E-state index in [9.17, 15) is 13.0 Å². The van der Waals surface area contributed by atoms with Crippen molar-refractivity contribution < 1.29 is 13.0 Å². The topological polar surface area (TPSA) is 54.4 Å². The molecule has 1 N–H and O–H groups in total. The standard InChI is InChI=1S/C30H54O3S/c1-3-5-7-9-11-13-15-17-19-21-24-28-25-23-27-30(34(31,32)33)29(28)26-22-20-18-16-14-12-10-8-6-4-2/h23,25,27H,3-22,24,26H2,1-2H3,(H,31,32,33). The van der Waals surface area contributed by atoms with Gasteiger partial charge in [-0.3, -0.25) is 4.55 Å². The summed E-state index contributed by atoms with van der Waals surface area (Å²) in [5.41, 5.74) is 1.98. The Morgan fingerprint density at radius 3 is 1.35 bits per heavy atom. The van der Waals surface area contributed by atoms with Crippen molar-refractivity contribution in [2.75, 3.05) is 0 Å². The first-order chi connectivity index (χ1) is 16.5. The average molecular weight is 495 g/mol. The van der Waals surface area contributed by atoms with Crippen molar-refractivity contribution in [1.29, 1.82) is 0 Å². The molecule has 0 fully saturated rings. The van der Waals surface area contributed by atoms with Gasteiger partial charge in [0.1, 0.15) is 0 Å². The number of rotatable bonds is 23. The third-order valence-electron chi connectivity index (χ3n) is 7.09. The van der Waals surface area contributed by atoms with Crippen molar-refractivity contribution in [3.8, 4) is 0 Å². The summed E-state index contributed by atoms with van der Waals surface area (Å²) in [5, 5.41) is 0. The minimum Gasteiger partial charge on any atom is -0.282 e. The van der Waals surface area contributed by atoms with Crippen molar-refractivity contribution in [3.63, 3.8) is 0 Å². The fraction of sp³-hybridized carbons (Fsp3) is 0.800. The van der Waals surface area contributed by atoms with Crippen molar-refractivity contribution in [2.24, 2.45) is 0 Å². The molecule has 0 amide bonds. The number of hydrogen-bond acceptors (Lipinski definition) is 2. The first-order valence-electron chi connectivity index (χ1n) is 14.6. The minimum atomic E-state index is -4.17. The van der Waals surface area contributed by atoms with Crippen LogP contribution in [0, 0.1) is 0 Å². The maximum Gasteiger partial charge on any atom is 0.294 e. The molecule has 0 aromatic heterocycles. The molecular weight excluding hydrogens is 440 g/mol. The Hall–Kier alpha value is -0.870. The van der Waals surface area contributed by atoms with Gasteiger partial charge in [-0.1, -0.05) is 142 Å². The summed E-state index contributed by atoms with van der Waals surface area (Å²) >= 11 is 0. The second-order valence-electron chi connectivity index (χ2n) is 10.2. The van der Waals surface area contributed by atoms with Crippen molar-refractivity contribution >= 4 is 10.1 Å². The van der Waals surface area contributed by atoms with Crippen LogP contribution in [0.1, 0.15) is 153 Å². The molecule has 0 bridgehead atoms. The van der Waals surface area contributed by atoms with Crippen LogP contribution < -0.4 is 0 Å². The highest BCUT2D eigenvalue weighted by atomic mass is 32.2. The Balaban J connectivity index is 2.38. The SMILES string of the molecule is CCCCCCCCCCCCc1cccc(S(=O)(=O)O)c1CCCCCCCCCCCC. The Bertz CT molecular complexity index is 712. The van der Waals surface area contributed by atoms with E-state index in [-0.39, 0.29) is 4.90 Å². The monoisotopic (exact) mass is 494 g/mol. The molecule has 34 heavy (non-hydrogen) atoms. The molecule has 0 atom stereocenters. The van der Waals surface area contributed by atoms with Gasteiger partial charge < -0.3 is 0 Å². The predicted octanol–water partition coefficient (Wildman–Crippen LogP) is 9.86. The summed E-state index contributed by atoms with van der Waals surface area (Å²) < 4.78 is 33.7. The molecule has 1 rings (SSSR count). The molecule has 198 valence electrons. The summed E-state index contributed by atoms with van der Waals surface area (Å²) in [7, 11) is -4.17. The van der Waals surface area contributed by atoms with Crippen molar-refractivity contribution in [3.05, 3.63) is 29.3 Å². The predicted molar refractivity (Wildman–Crippen MR) is 147 cm³/mol. The Kier molecular flexibility index (Phi) is 18.6. The molecule has 0 aliphatic rings. The van der Waals surface area contributed by atoms with E-state index in [0.29, 0.717) is 0 Å². The van der Waals surface area contributed by atoms with E-state index in [2.05, 4.69) is 19.9 Å². The zero-order valence-corrected chi connectivity index (χ0v) is 23.3. The summed E-state index contributed by atoms with van der Waals surface area (Å²) in [4.78, 5) is 0.132. The van der Waals surface area contributed by atoms with Gasteiger partial charge >= 0.3 is 0 Å². The van der Waals surface area contributed by atoms with E-state index in [1.807, 2.05) is 0 Å². The molecular formula is C30H54O3S. The quantitative estimate of drug-likeness (QED) is 0.122. The second kappa shape index (κ2) is 20.3. The Labute approximate surface area is 212 Å². The smallest absolute Gasteiger partial charge is 0.282 e. The Morgan fingerprint density at radius 2 is 0.941 bits per heavy atom. The zero-order chi connectivity index (χ0) is 24.9. The normalized spacial score (nSPS) is 11.9. The van der Waals surface area contributed by atoms with Gasteiger partial charge in [0.2, 0.25) is 0 Å². The molecule has 0 aliphatic carbocycles. The van der Waals surface area contributed by atoms with E-state index in [1.165, 1.54) is 109 Å². The third kappa shape index (κ3) is 15.2. The molecule has 4 heteroatoms. The Morgan fingerprint density at radius 1 is 0.559 bits per heavy atom. The first-order valence-corrected chi connectivity index (χ1v) is 16.0. The van der Waals surface area contributed by atoms with Gasteiger partial charge in [0.05, 0.1) is 4.90 Å². The van der Waals surface area contributed by atoms with Crippen LogP contribution in [0.3, 0.4) is 0 Å². The lowest BCUT2D eigenvalue weighted by Gasteiger charge is -2.14.